The lowest BCUT2D eigenvalue weighted by Crippen LogP contribution is -2.02. The number of allylic oxidation sites excluding steroid dienone is 1. The second kappa shape index (κ2) is 7.92. The van der Waals surface area contributed by atoms with Crippen LogP contribution in [0.2, 0.25) is 0 Å². The first-order chi connectivity index (χ1) is 12.3. The van der Waals surface area contributed by atoms with E-state index in [0.717, 1.165) is 24.2 Å². The van der Waals surface area contributed by atoms with Gasteiger partial charge in [0.1, 0.15) is 18.1 Å². The van der Waals surface area contributed by atoms with Crippen molar-refractivity contribution in [1.29, 1.82) is 0 Å². The van der Waals surface area contributed by atoms with Gasteiger partial charge < -0.3 is 9.84 Å². The molecule has 0 radical (unpaired) electrons. The van der Waals surface area contributed by atoms with Crippen molar-refractivity contribution < 1.29 is 9.84 Å². The second-order valence-corrected chi connectivity index (χ2v) is 6.30. The molecule has 3 aromatic rings. The summed E-state index contributed by atoms with van der Waals surface area (Å²) in [5, 5.41) is 9.77. The molecule has 0 saturated heterocycles. The Bertz CT molecular complexity index is 911. The summed E-state index contributed by atoms with van der Waals surface area (Å²) in [6.07, 6.45) is 4.27. The number of rotatable bonds is 4. The minimum Gasteiger partial charge on any atom is -0.508 e. The molecule has 1 aliphatic carbocycles. The first-order valence-electron chi connectivity index (χ1n) is 8.59. The standard InChI is InChI=1S/C23H20O2.CH4/c24-20-10-4-8-18(14-20)22-11-5-9-19-15-21(12-13-23(19)22)25-16-17-6-2-1-3-7-17;/h1-4,6-8,10-15,24H,5,9,16H2;1H4. The van der Waals surface area contributed by atoms with E-state index in [1.54, 1.807) is 6.07 Å². The van der Waals surface area contributed by atoms with Crippen LogP contribution in [0.1, 0.15) is 36.1 Å². The fraction of sp³-hybridized carbons (Fsp3) is 0.167. The van der Waals surface area contributed by atoms with E-state index in [2.05, 4.69) is 30.3 Å². The van der Waals surface area contributed by atoms with Gasteiger partial charge in [-0.1, -0.05) is 62.0 Å². The van der Waals surface area contributed by atoms with Gasteiger partial charge in [-0.2, -0.15) is 0 Å². The molecule has 0 amide bonds. The lowest BCUT2D eigenvalue weighted by Gasteiger charge is -2.19. The molecule has 2 nitrogen and oxygen atoms in total. The Hall–Kier alpha value is -3.00. The van der Waals surface area contributed by atoms with E-state index >= 15 is 0 Å². The molecule has 1 N–H and O–H groups in total. The maximum absolute atomic E-state index is 9.77. The summed E-state index contributed by atoms with van der Waals surface area (Å²) in [7, 11) is 0. The molecule has 1 aliphatic rings. The third-order valence-corrected chi connectivity index (χ3v) is 4.53. The van der Waals surface area contributed by atoms with Crippen LogP contribution in [0, 0.1) is 0 Å². The van der Waals surface area contributed by atoms with Crippen LogP contribution in [-0.4, -0.2) is 5.11 Å². The largest absolute Gasteiger partial charge is 0.508 e. The number of fused-ring (bicyclic) bond motifs is 1. The Kier molecular flexibility index (Phi) is 5.43. The molecular weight excluding hydrogens is 320 g/mol. The van der Waals surface area contributed by atoms with Gasteiger partial charge in [-0.05, 0) is 64.9 Å². The normalized spacial score (nSPS) is 12.5. The summed E-state index contributed by atoms with van der Waals surface area (Å²) in [5.41, 5.74) is 5.93. The Morgan fingerprint density at radius 2 is 1.73 bits per heavy atom. The van der Waals surface area contributed by atoms with Gasteiger partial charge in [0, 0.05) is 0 Å². The zero-order valence-electron chi connectivity index (χ0n) is 14.0. The number of aromatic hydroxyl groups is 1. The predicted molar refractivity (Wildman–Crippen MR) is 107 cm³/mol. The molecule has 0 fully saturated rings. The minimum absolute atomic E-state index is 0. The highest BCUT2D eigenvalue weighted by Gasteiger charge is 2.15. The van der Waals surface area contributed by atoms with Gasteiger partial charge in [0.25, 0.3) is 0 Å². The van der Waals surface area contributed by atoms with Crippen molar-refractivity contribution in [2.45, 2.75) is 26.9 Å². The van der Waals surface area contributed by atoms with Crippen molar-refractivity contribution in [1.82, 2.24) is 0 Å². The van der Waals surface area contributed by atoms with Crippen molar-refractivity contribution in [2.75, 3.05) is 0 Å². The summed E-state index contributed by atoms with van der Waals surface area (Å²) in [6, 6.07) is 24.0. The van der Waals surface area contributed by atoms with E-state index in [1.807, 2.05) is 42.5 Å². The third kappa shape index (κ3) is 3.80. The van der Waals surface area contributed by atoms with E-state index in [4.69, 9.17) is 4.74 Å². The van der Waals surface area contributed by atoms with Gasteiger partial charge >= 0.3 is 0 Å². The fourth-order valence-corrected chi connectivity index (χ4v) is 3.30. The predicted octanol–water partition coefficient (Wildman–Crippen LogP) is 5.99. The Morgan fingerprint density at radius 1 is 0.885 bits per heavy atom. The van der Waals surface area contributed by atoms with Gasteiger partial charge in [-0.15, -0.1) is 0 Å². The smallest absolute Gasteiger partial charge is 0.120 e. The van der Waals surface area contributed by atoms with E-state index < -0.39 is 0 Å². The summed E-state index contributed by atoms with van der Waals surface area (Å²) >= 11 is 0. The molecule has 2 heteroatoms. The highest BCUT2D eigenvalue weighted by atomic mass is 16.5. The molecule has 0 atom stereocenters. The topological polar surface area (TPSA) is 29.5 Å². The average molecular weight is 344 g/mol. The van der Waals surface area contributed by atoms with Gasteiger partial charge in [0.2, 0.25) is 0 Å². The molecule has 0 bridgehead atoms. The quantitative estimate of drug-likeness (QED) is 0.630. The van der Waals surface area contributed by atoms with Crippen LogP contribution in [-0.2, 0) is 13.0 Å². The number of benzene rings is 3. The number of ether oxygens (including phenoxy) is 1. The minimum atomic E-state index is 0. The van der Waals surface area contributed by atoms with Gasteiger partial charge in [-0.3, -0.25) is 0 Å². The van der Waals surface area contributed by atoms with Crippen LogP contribution < -0.4 is 4.74 Å². The monoisotopic (exact) mass is 344 g/mol. The van der Waals surface area contributed by atoms with E-state index in [0.29, 0.717) is 12.4 Å². The highest BCUT2D eigenvalue weighted by Crippen LogP contribution is 2.34. The van der Waals surface area contributed by atoms with Gasteiger partial charge in [0.05, 0.1) is 0 Å². The number of phenols is 1. The number of hydrogen-bond acceptors (Lipinski definition) is 2. The summed E-state index contributed by atoms with van der Waals surface area (Å²) in [6.45, 7) is 0.578. The van der Waals surface area contributed by atoms with Crippen molar-refractivity contribution in [3.05, 3.63) is 101 Å². The Labute approximate surface area is 155 Å². The van der Waals surface area contributed by atoms with Crippen LogP contribution in [0.15, 0.2) is 78.9 Å². The first-order valence-corrected chi connectivity index (χ1v) is 8.59. The Balaban J connectivity index is 0.00000196. The van der Waals surface area contributed by atoms with Crippen LogP contribution in [0.4, 0.5) is 0 Å². The number of aryl methyl sites for hydroxylation is 1. The van der Waals surface area contributed by atoms with E-state index in [9.17, 15) is 5.11 Å². The first kappa shape index (κ1) is 17.8. The molecule has 132 valence electrons. The van der Waals surface area contributed by atoms with Crippen molar-refractivity contribution in [2.24, 2.45) is 0 Å². The average Bonchev–Trinajstić information content (AvgIpc) is 2.66. The SMILES string of the molecule is C.Oc1cccc(C2=CCCc3cc(OCc4ccccc4)ccc32)c1. The molecule has 3 aromatic carbocycles. The number of phenolic OH excluding ortho intramolecular Hbond substituents is 1. The molecule has 26 heavy (non-hydrogen) atoms. The maximum Gasteiger partial charge on any atom is 0.120 e. The molecule has 0 heterocycles. The van der Waals surface area contributed by atoms with Crippen molar-refractivity contribution in [3.63, 3.8) is 0 Å². The van der Waals surface area contributed by atoms with E-state index in [1.165, 1.54) is 22.3 Å². The summed E-state index contributed by atoms with van der Waals surface area (Å²) in [5.74, 6) is 1.20. The zero-order chi connectivity index (χ0) is 17.1. The molecule has 0 aromatic heterocycles. The van der Waals surface area contributed by atoms with Gasteiger partial charge in [0.15, 0.2) is 0 Å². The second-order valence-electron chi connectivity index (χ2n) is 6.30. The summed E-state index contributed by atoms with van der Waals surface area (Å²) < 4.78 is 5.96. The molecule has 0 aliphatic heterocycles. The fourth-order valence-electron chi connectivity index (χ4n) is 3.30. The maximum atomic E-state index is 9.77. The highest BCUT2D eigenvalue weighted by molar-refractivity contribution is 5.83. The van der Waals surface area contributed by atoms with Crippen LogP contribution >= 0.6 is 0 Å². The molecule has 0 unspecified atom stereocenters. The Morgan fingerprint density at radius 3 is 2.54 bits per heavy atom. The van der Waals surface area contributed by atoms with Crippen LogP contribution in [0.3, 0.4) is 0 Å². The van der Waals surface area contributed by atoms with Crippen molar-refractivity contribution in [3.8, 4) is 11.5 Å². The van der Waals surface area contributed by atoms with Crippen molar-refractivity contribution >= 4 is 5.57 Å². The third-order valence-electron chi connectivity index (χ3n) is 4.53. The number of hydrogen-bond donors (Lipinski definition) is 1. The molecule has 0 spiro atoms. The van der Waals surface area contributed by atoms with Crippen LogP contribution in [0.5, 0.6) is 11.5 Å². The molecule has 4 rings (SSSR count). The lowest BCUT2D eigenvalue weighted by atomic mass is 9.87. The lowest BCUT2D eigenvalue weighted by molar-refractivity contribution is 0.306. The molecule has 0 saturated carbocycles. The van der Waals surface area contributed by atoms with Crippen LogP contribution in [0.25, 0.3) is 5.57 Å². The summed E-state index contributed by atoms with van der Waals surface area (Å²) in [4.78, 5) is 0. The zero-order valence-corrected chi connectivity index (χ0v) is 14.0. The van der Waals surface area contributed by atoms with Gasteiger partial charge in [-0.25, -0.2) is 0 Å². The van der Waals surface area contributed by atoms with E-state index in [-0.39, 0.29) is 7.43 Å². The molecular formula is C24H24O2.